The lowest BCUT2D eigenvalue weighted by atomic mass is 9.83. The maximum atomic E-state index is 14.3. The minimum atomic E-state index is -0.0500. The first-order chi connectivity index (χ1) is 8.54. The second-order valence-corrected chi connectivity index (χ2v) is 5.82. The Balaban J connectivity index is 2.38. The number of aryl methyl sites for hydroxylation is 2. The quantitative estimate of drug-likeness (QED) is 0.849. The van der Waals surface area contributed by atoms with Crippen LogP contribution in [0.3, 0.4) is 0 Å². The van der Waals surface area contributed by atoms with Crippen LogP contribution < -0.4 is 5.32 Å². The van der Waals surface area contributed by atoms with Gasteiger partial charge in [-0.3, -0.25) is 0 Å². The zero-order chi connectivity index (χ0) is 13.3. The average Bonchev–Trinajstić information content (AvgIpc) is 2.69. The average molecular weight is 249 g/mol. The highest BCUT2D eigenvalue weighted by Gasteiger charge is 2.33. The molecule has 0 aromatic heterocycles. The largest absolute Gasteiger partial charge is 0.313 e. The molecular formula is C16H24FN. The van der Waals surface area contributed by atoms with E-state index < -0.39 is 0 Å². The standard InChI is InChI=1S/C16H24FN/c1-10-8-12(3)15(14(17)9-10)16(18-4)13-7-5-6-11(13)2/h8-9,11,13,16,18H,5-7H2,1-4H3. The van der Waals surface area contributed by atoms with Crippen LogP contribution in [0.1, 0.15) is 48.9 Å². The van der Waals surface area contributed by atoms with Crippen molar-refractivity contribution >= 4 is 0 Å². The minimum absolute atomic E-state index is 0.0500. The van der Waals surface area contributed by atoms with Crippen molar-refractivity contribution in [3.63, 3.8) is 0 Å². The Kier molecular flexibility index (Phi) is 4.06. The van der Waals surface area contributed by atoms with Crippen molar-refractivity contribution in [1.29, 1.82) is 0 Å². The molecule has 0 amide bonds. The van der Waals surface area contributed by atoms with E-state index in [1.165, 1.54) is 19.3 Å². The number of hydrogen-bond acceptors (Lipinski definition) is 1. The van der Waals surface area contributed by atoms with Gasteiger partial charge in [0.25, 0.3) is 0 Å². The molecule has 0 spiro atoms. The summed E-state index contributed by atoms with van der Waals surface area (Å²) in [7, 11) is 1.95. The van der Waals surface area contributed by atoms with Crippen molar-refractivity contribution in [2.75, 3.05) is 7.05 Å². The van der Waals surface area contributed by atoms with Crippen LogP contribution in [0.5, 0.6) is 0 Å². The van der Waals surface area contributed by atoms with Crippen molar-refractivity contribution in [2.45, 2.75) is 46.1 Å². The van der Waals surface area contributed by atoms with E-state index in [9.17, 15) is 4.39 Å². The summed E-state index contributed by atoms with van der Waals surface area (Å²) < 4.78 is 14.3. The third-order valence-corrected chi connectivity index (χ3v) is 4.46. The SMILES string of the molecule is CNC(c1c(C)cc(C)cc1F)C1CCCC1C. The summed E-state index contributed by atoms with van der Waals surface area (Å²) in [6, 6.07) is 3.90. The van der Waals surface area contributed by atoms with E-state index in [0.717, 1.165) is 16.7 Å². The molecule has 1 nitrogen and oxygen atoms in total. The highest BCUT2D eigenvalue weighted by molar-refractivity contribution is 5.35. The van der Waals surface area contributed by atoms with Crippen molar-refractivity contribution in [3.05, 3.63) is 34.6 Å². The van der Waals surface area contributed by atoms with Gasteiger partial charge in [-0.1, -0.05) is 25.8 Å². The molecule has 3 atom stereocenters. The van der Waals surface area contributed by atoms with Gasteiger partial charge in [-0.05, 0) is 56.3 Å². The van der Waals surface area contributed by atoms with Crippen LogP contribution in [0.15, 0.2) is 12.1 Å². The molecule has 1 aliphatic carbocycles. The van der Waals surface area contributed by atoms with Gasteiger partial charge in [0.15, 0.2) is 0 Å². The summed E-state index contributed by atoms with van der Waals surface area (Å²) >= 11 is 0. The van der Waals surface area contributed by atoms with Gasteiger partial charge in [0.05, 0.1) is 0 Å². The van der Waals surface area contributed by atoms with Gasteiger partial charge in [0.1, 0.15) is 5.82 Å². The molecule has 0 saturated heterocycles. The summed E-state index contributed by atoms with van der Waals surface area (Å²) in [4.78, 5) is 0. The zero-order valence-corrected chi connectivity index (χ0v) is 11.9. The van der Waals surface area contributed by atoms with E-state index in [2.05, 4.69) is 18.3 Å². The van der Waals surface area contributed by atoms with Crippen LogP contribution in [0, 0.1) is 31.5 Å². The van der Waals surface area contributed by atoms with E-state index >= 15 is 0 Å². The molecule has 1 aliphatic rings. The number of halogens is 1. The molecule has 1 aromatic carbocycles. The van der Waals surface area contributed by atoms with Crippen LogP contribution in [0.25, 0.3) is 0 Å². The van der Waals surface area contributed by atoms with Gasteiger partial charge in [0, 0.05) is 11.6 Å². The van der Waals surface area contributed by atoms with Gasteiger partial charge in [-0.2, -0.15) is 0 Å². The molecule has 0 bridgehead atoms. The monoisotopic (exact) mass is 249 g/mol. The normalized spacial score (nSPS) is 25.4. The fourth-order valence-electron chi connectivity index (χ4n) is 3.56. The summed E-state index contributed by atoms with van der Waals surface area (Å²) in [6.45, 7) is 6.27. The molecule has 0 heterocycles. The maximum Gasteiger partial charge on any atom is 0.128 e. The summed E-state index contributed by atoms with van der Waals surface area (Å²) in [5.41, 5.74) is 2.95. The molecule has 1 N–H and O–H groups in total. The lowest BCUT2D eigenvalue weighted by Crippen LogP contribution is -2.28. The van der Waals surface area contributed by atoms with Crippen LogP contribution in [0.4, 0.5) is 4.39 Å². The molecule has 1 aromatic rings. The predicted molar refractivity (Wildman–Crippen MR) is 74.2 cm³/mol. The van der Waals surface area contributed by atoms with Gasteiger partial charge < -0.3 is 5.32 Å². The first-order valence-corrected chi connectivity index (χ1v) is 6.98. The zero-order valence-electron chi connectivity index (χ0n) is 11.9. The molecular weight excluding hydrogens is 225 g/mol. The molecule has 100 valence electrons. The van der Waals surface area contributed by atoms with E-state index in [4.69, 9.17) is 0 Å². The predicted octanol–water partition coefficient (Wildman–Crippen LogP) is 4.14. The highest BCUT2D eigenvalue weighted by Crippen LogP contribution is 2.41. The number of benzene rings is 1. The van der Waals surface area contributed by atoms with Gasteiger partial charge >= 0.3 is 0 Å². The fraction of sp³-hybridized carbons (Fsp3) is 0.625. The topological polar surface area (TPSA) is 12.0 Å². The third-order valence-electron chi connectivity index (χ3n) is 4.46. The van der Waals surface area contributed by atoms with Crippen LogP contribution in [0.2, 0.25) is 0 Å². The van der Waals surface area contributed by atoms with Crippen molar-refractivity contribution < 1.29 is 4.39 Å². The van der Waals surface area contributed by atoms with E-state index in [1.54, 1.807) is 6.07 Å². The van der Waals surface area contributed by atoms with Gasteiger partial charge in [-0.25, -0.2) is 4.39 Å². The number of nitrogens with one attached hydrogen (secondary N) is 1. The van der Waals surface area contributed by atoms with E-state index in [-0.39, 0.29) is 11.9 Å². The number of hydrogen-bond donors (Lipinski definition) is 1. The Morgan fingerprint density at radius 2 is 2.00 bits per heavy atom. The lowest BCUT2D eigenvalue weighted by molar-refractivity contribution is 0.307. The number of rotatable bonds is 3. The Morgan fingerprint density at radius 3 is 2.50 bits per heavy atom. The highest BCUT2D eigenvalue weighted by atomic mass is 19.1. The first-order valence-electron chi connectivity index (χ1n) is 6.98. The second kappa shape index (κ2) is 5.40. The Bertz CT molecular complexity index is 404. The molecule has 3 unspecified atom stereocenters. The van der Waals surface area contributed by atoms with Crippen LogP contribution >= 0.6 is 0 Å². The summed E-state index contributed by atoms with van der Waals surface area (Å²) in [5, 5.41) is 3.35. The Labute approximate surface area is 110 Å². The maximum absolute atomic E-state index is 14.3. The van der Waals surface area contributed by atoms with Gasteiger partial charge in [0.2, 0.25) is 0 Å². The minimum Gasteiger partial charge on any atom is -0.313 e. The van der Waals surface area contributed by atoms with E-state index in [0.29, 0.717) is 11.8 Å². The van der Waals surface area contributed by atoms with Crippen LogP contribution in [-0.4, -0.2) is 7.05 Å². The van der Waals surface area contributed by atoms with Crippen molar-refractivity contribution in [3.8, 4) is 0 Å². The molecule has 0 aliphatic heterocycles. The lowest BCUT2D eigenvalue weighted by Gasteiger charge is -2.29. The molecule has 18 heavy (non-hydrogen) atoms. The van der Waals surface area contributed by atoms with Gasteiger partial charge in [-0.15, -0.1) is 0 Å². The third kappa shape index (κ3) is 2.44. The second-order valence-electron chi connectivity index (χ2n) is 5.82. The molecule has 2 heteroatoms. The summed E-state index contributed by atoms with van der Waals surface area (Å²) in [6.07, 6.45) is 3.76. The molecule has 1 fully saturated rings. The molecule has 0 radical (unpaired) electrons. The van der Waals surface area contributed by atoms with Crippen molar-refractivity contribution in [1.82, 2.24) is 5.32 Å². The smallest absolute Gasteiger partial charge is 0.128 e. The molecule has 2 rings (SSSR count). The fourth-order valence-corrected chi connectivity index (χ4v) is 3.56. The van der Waals surface area contributed by atoms with Crippen LogP contribution in [-0.2, 0) is 0 Å². The van der Waals surface area contributed by atoms with E-state index in [1.807, 2.05) is 20.9 Å². The Morgan fingerprint density at radius 1 is 1.28 bits per heavy atom. The van der Waals surface area contributed by atoms with Crippen molar-refractivity contribution in [2.24, 2.45) is 11.8 Å². The Hall–Kier alpha value is -0.890. The first kappa shape index (κ1) is 13.5. The summed E-state index contributed by atoms with van der Waals surface area (Å²) in [5.74, 6) is 1.19. The molecule has 1 saturated carbocycles.